The number of amidine groups is 1. The van der Waals surface area contributed by atoms with Crippen molar-refractivity contribution < 1.29 is 14.3 Å². The molecule has 8 nitrogen and oxygen atoms in total. The molecule has 1 atom stereocenters. The lowest BCUT2D eigenvalue weighted by molar-refractivity contribution is -0.129. The quantitative estimate of drug-likeness (QED) is 0.390. The van der Waals surface area contributed by atoms with E-state index in [1.807, 2.05) is 6.07 Å². The van der Waals surface area contributed by atoms with Crippen molar-refractivity contribution in [3.05, 3.63) is 29.3 Å². The van der Waals surface area contributed by atoms with Crippen LogP contribution in [0.1, 0.15) is 62.5 Å². The van der Waals surface area contributed by atoms with Crippen LogP contribution in [0, 0.1) is 5.41 Å². The van der Waals surface area contributed by atoms with Gasteiger partial charge in [0.1, 0.15) is 11.6 Å². The minimum Gasteiger partial charge on any atom is -0.496 e. The van der Waals surface area contributed by atoms with E-state index >= 15 is 0 Å². The molecule has 2 fully saturated rings. The third kappa shape index (κ3) is 6.04. The molecule has 0 bridgehead atoms. The highest BCUT2D eigenvalue weighted by Gasteiger charge is 2.33. The second kappa shape index (κ2) is 11.2. The summed E-state index contributed by atoms with van der Waals surface area (Å²) in [6, 6.07) is 5.72. The van der Waals surface area contributed by atoms with E-state index in [1.54, 1.807) is 19.2 Å². The highest BCUT2D eigenvalue weighted by atomic mass is 16.5. The number of amides is 2. The lowest BCUT2D eigenvalue weighted by Crippen LogP contribution is -2.53. The maximum absolute atomic E-state index is 13.1. The summed E-state index contributed by atoms with van der Waals surface area (Å²) >= 11 is 0. The number of hydrogen-bond donors (Lipinski definition) is 4. The lowest BCUT2D eigenvalue weighted by atomic mass is 9.90. The van der Waals surface area contributed by atoms with Gasteiger partial charge in [0.15, 0.2) is 0 Å². The van der Waals surface area contributed by atoms with Crippen LogP contribution < -0.4 is 21.1 Å². The van der Waals surface area contributed by atoms with Crippen LogP contribution in [0.3, 0.4) is 0 Å². The highest BCUT2D eigenvalue weighted by molar-refractivity contribution is 6.06. The number of carbonyl (C=O) groups is 2. The number of nitrogens with two attached hydrogens (primary N) is 1. The third-order valence-electron chi connectivity index (χ3n) is 6.37. The minimum absolute atomic E-state index is 0.0327. The van der Waals surface area contributed by atoms with Crippen molar-refractivity contribution in [2.24, 2.45) is 5.73 Å². The molecule has 1 unspecified atom stereocenters. The molecule has 0 spiro atoms. The Labute approximate surface area is 184 Å². The van der Waals surface area contributed by atoms with E-state index in [-0.39, 0.29) is 24.3 Å². The number of nitrogens with one attached hydrogen (secondary N) is 3. The smallest absolute Gasteiger partial charge is 0.239 e. The molecule has 2 aliphatic rings. The topological polar surface area (TPSA) is 121 Å². The van der Waals surface area contributed by atoms with Gasteiger partial charge in [0.2, 0.25) is 11.8 Å². The van der Waals surface area contributed by atoms with E-state index in [1.165, 1.54) is 38.5 Å². The van der Waals surface area contributed by atoms with Gasteiger partial charge in [0.05, 0.1) is 19.7 Å². The Morgan fingerprint density at radius 1 is 1.16 bits per heavy atom. The molecule has 5 N–H and O–H groups in total. The number of carbonyl (C=O) groups excluding carboxylic acids is 2. The van der Waals surface area contributed by atoms with Gasteiger partial charge in [-0.3, -0.25) is 19.9 Å². The number of piperidine rings is 1. The molecule has 3 rings (SSSR count). The summed E-state index contributed by atoms with van der Waals surface area (Å²) in [5.41, 5.74) is 6.64. The van der Waals surface area contributed by atoms with Crippen LogP contribution in [0.4, 0.5) is 0 Å². The molecule has 1 aliphatic carbocycles. The normalized spacial score (nSPS) is 20.1. The van der Waals surface area contributed by atoms with Gasteiger partial charge in [-0.05, 0) is 38.3 Å². The number of rotatable bonds is 7. The molecule has 2 amide bonds. The van der Waals surface area contributed by atoms with E-state index in [0.29, 0.717) is 23.9 Å². The SMILES string of the molecule is COc1cc(C(=N)NC(=O)CN)ccc1CNC(=O)C1CCCCN1C1CCCCC1. The standard InChI is InChI=1S/C23H35N5O3/c1-31-20-13-16(22(25)27-21(29)14-24)10-11-17(20)15-26-23(30)19-9-5-6-12-28(19)18-7-3-2-4-8-18/h10-11,13,18-19H,2-9,12,14-15,24H2,1H3,(H,26,30)(H2,25,27,29). The number of methoxy groups -OCH3 is 1. The van der Waals surface area contributed by atoms with Crippen LogP contribution in [0.15, 0.2) is 18.2 Å². The van der Waals surface area contributed by atoms with Crippen LogP contribution in [-0.2, 0) is 16.1 Å². The first-order chi connectivity index (χ1) is 15.0. The number of likely N-dealkylation sites (tertiary alicyclic amines) is 1. The second-order valence-corrected chi connectivity index (χ2v) is 8.41. The monoisotopic (exact) mass is 429 g/mol. The van der Waals surface area contributed by atoms with Gasteiger partial charge < -0.3 is 21.1 Å². The minimum atomic E-state index is -0.421. The van der Waals surface area contributed by atoms with Crippen molar-refractivity contribution in [2.75, 3.05) is 20.2 Å². The summed E-state index contributed by atoms with van der Waals surface area (Å²) in [6.07, 6.45) is 9.41. The van der Waals surface area contributed by atoms with Crippen molar-refractivity contribution in [2.45, 2.75) is 70.0 Å². The van der Waals surface area contributed by atoms with Crippen LogP contribution >= 0.6 is 0 Å². The Kier molecular flexibility index (Phi) is 8.43. The average Bonchev–Trinajstić information content (AvgIpc) is 2.82. The van der Waals surface area contributed by atoms with E-state index in [0.717, 1.165) is 24.9 Å². The first-order valence-electron chi connectivity index (χ1n) is 11.3. The summed E-state index contributed by atoms with van der Waals surface area (Å²) in [5, 5.41) is 13.5. The summed E-state index contributed by atoms with van der Waals surface area (Å²) < 4.78 is 5.47. The molecule has 170 valence electrons. The molecule has 1 aromatic carbocycles. The summed E-state index contributed by atoms with van der Waals surface area (Å²) in [7, 11) is 1.55. The molecule has 1 heterocycles. The van der Waals surface area contributed by atoms with Gasteiger partial charge in [-0.2, -0.15) is 0 Å². The molecule has 1 aliphatic heterocycles. The number of ether oxygens (including phenoxy) is 1. The Balaban J connectivity index is 1.63. The number of nitrogens with zero attached hydrogens (tertiary/aromatic N) is 1. The predicted octanol–water partition coefficient (Wildman–Crippen LogP) is 1.90. The van der Waals surface area contributed by atoms with Crippen LogP contribution in [0.2, 0.25) is 0 Å². The maximum atomic E-state index is 13.1. The van der Waals surface area contributed by atoms with Crippen LogP contribution in [-0.4, -0.2) is 54.8 Å². The van der Waals surface area contributed by atoms with Crippen LogP contribution in [0.25, 0.3) is 0 Å². The van der Waals surface area contributed by atoms with Crippen LogP contribution in [0.5, 0.6) is 5.75 Å². The predicted molar refractivity (Wildman–Crippen MR) is 120 cm³/mol. The summed E-state index contributed by atoms with van der Waals surface area (Å²) in [4.78, 5) is 26.9. The van der Waals surface area contributed by atoms with Crippen molar-refractivity contribution in [3.63, 3.8) is 0 Å². The van der Waals surface area contributed by atoms with E-state index in [4.69, 9.17) is 15.9 Å². The third-order valence-corrected chi connectivity index (χ3v) is 6.37. The molecular weight excluding hydrogens is 394 g/mol. The van der Waals surface area contributed by atoms with E-state index in [9.17, 15) is 9.59 Å². The number of hydrogen-bond acceptors (Lipinski definition) is 6. The largest absolute Gasteiger partial charge is 0.496 e. The lowest BCUT2D eigenvalue weighted by Gasteiger charge is -2.42. The Bertz CT molecular complexity index is 791. The first kappa shape index (κ1) is 23.2. The van der Waals surface area contributed by atoms with Gasteiger partial charge in [-0.1, -0.05) is 37.8 Å². The van der Waals surface area contributed by atoms with E-state index < -0.39 is 5.91 Å². The Hall–Kier alpha value is -2.45. The fraction of sp³-hybridized carbons (Fsp3) is 0.609. The van der Waals surface area contributed by atoms with Crippen molar-refractivity contribution in [1.29, 1.82) is 5.41 Å². The Morgan fingerprint density at radius 2 is 1.90 bits per heavy atom. The summed E-state index contributed by atoms with van der Waals surface area (Å²) in [6.45, 7) is 1.19. The fourth-order valence-electron chi connectivity index (χ4n) is 4.69. The molecule has 1 saturated heterocycles. The van der Waals surface area contributed by atoms with Crippen molar-refractivity contribution >= 4 is 17.6 Å². The average molecular weight is 430 g/mol. The van der Waals surface area contributed by atoms with Gasteiger partial charge in [0.25, 0.3) is 0 Å². The highest BCUT2D eigenvalue weighted by Crippen LogP contribution is 2.29. The number of benzene rings is 1. The maximum Gasteiger partial charge on any atom is 0.239 e. The van der Waals surface area contributed by atoms with Gasteiger partial charge in [-0.15, -0.1) is 0 Å². The van der Waals surface area contributed by atoms with Crippen molar-refractivity contribution in [3.8, 4) is 5.75 Å². The van der Waals surface area contributed by atoms with Crippen molar-refractivity contribution in [1.82, 2.24) is 15.5 Å². The molecule has 1 aromatic rings. The molecule has 31 heavy (non-hydrogen) atoms. The Morgan fingerprint density at radius 3 is 2.61 bits per heavy atom. The molecule has 8 heteroatoms. The first-order valence-corrected chi connectivity index (χ1v) is 11.3. The van der Waals surface area contributed by atoms with Gasteiger partial charge in [-0.25, -0.2) is 0 Å². The zero-order chi connectivity index (χ0) is 22.2. The molecule has 0 radical (unpaired) electrons. The molecule has 1 saturated carbocycles. The van der Waals surface area contributed by atoms with E-state index in [2.05, 4.69) is 15.5 Å². The second-order valence-electron chi connectivity index (χ2n) is 8.41. The van der Waals surface area contributed by atoms with Gasteiger partial charge >= 0.3 is 0 Å². The summed E-state index contributed by atoms with van der Waals surface area (Å²) in [5.74, 6) is 0.196. The van der Waals surface area contributed by atoms with Gasteiger partial charge in [0, 0.05) is 23.7 Å². The zero-order valence-electron chi connectivity index (χ0n) is 18.4. The fourth-order valence-corrected chi connectivity index (χ4v) is 4.69. The molecular formula is C23H35N5O3. The molecule has 0 aromatic heterocycles. The zero-order valence-corrected chi connectivity index (χ0v) is 18.4.